The largest absolute Gasteiger partial charge is 0.444 e. The van der Waals surface area contributed by atoms with Gasteiger partial charge in [-0.3, -0.25) is 9.59 Å². The van der Waals surface area contributed by atoms with Crippen molar-refractivity contribution in [3.05, 3.63) is 51.6 Å². The average Bonchev–Trinajstić information content (AvgIpc) is 2.81. The summed E-state index contributed by atoms with van der Waals surface area (Å²) in [5, 5.41) is 12.8. The van der Waals surface area contributed by atoms with Crippen LogP contribution in [-0.2, 0) is 19.7 Å². The molecule has 1 atom stereocenters. The fourth-order valence-corrected chi connectivity index (χ4v) is 3.91. The zero-order valence-corrected chi connectivity index (χ0v) is 13.2. The zero-order chi connectivity index (χ0) is 17.1. The normalized spacial score (nSPS) is 25.2. The van der Waals surface area contributed by atoms with E-state index in [1.54, 1.807) is 18.2 Å². The molecule has 0 saturated heterocycles. The number of nitriles is 1. The molecule has 1 spiro atoms. The molecule has 4 rings (SSSR count). The summed E-state index contributed by atoms with van der Waals surface area (Å²) in [5.74, 6) is -0.468. The standard InChI is InChI=1S/C17H12ClN3O3/c18-8-4-5-11-9(6-8)17(16(23)21-11)10(7-19)15(20)24-13-3-1-2-12(22)14(13)17/h4-6H,1-3,20H2,(H,21,23). The van der Waals surface area contributed by atoms with Crippen molar-refractivity contribution in [1.82, 2.24) is 0 Å². The highest BCUT2D eigenvalue weighted by atomic mass is 35.5. The van der Waals surface area contributed by atoms with Crippen LogP contribution in [0.15, 0.2) is 41.0 Å². The molecule has 3 N–H and O–H groups in total. The van der Waals surface area contributed by atoms with E-state index in [9.17, 15) is 14.9 Å². The van der Waals surface area contributed by atoms with Gasteiger partial charge in [-0.15, -0.1) is 0 Å². The second-order valence-corrected chi connectivity index (χ2v) is 6.36. The summed E-state index contributed by atoms with van der Waals surface area (Å²) in [7, 11) is 0. The van der Waals surface area contributed by atoms with E-state index < -0.39 is 11.3 Å². The number of allylic oxidation sites excluding steroid dienone is 1. The summed E-state index contributed by atoms with van der Waals surface area (Å²) >= 11 is 6.11. The van der Waals surface area contributed by atoms with Crippen LogP contribution in [0.1, 0.15) is 24.8 Å². The molecule has 7 heteroatoms. The number of nitrogens with zero attached hydrogens (tertiary/aromatic N) is 1. The summed E-state index contributed by atoms with van der Waals surface area (Å²) in [6.45, 7) is 0. The van der Waals surface area contributed by atoms with E-state index in [2.05, 4.69) is 5.32 Å². The lowest BCUT2D eigenvalue weighted by molar-refractivity contribution is -0.123. The fraction of sp³-hybridized carbons (Fsp3) is 0.235. The number of carbonyl (C=O) groups is 2. The van der Waals surface area contributed by atoms with Crippen LogP contribution in [0.3, 0.4) is 0 Å². The molecule has 1 aromatic carbocycles. The van der Waals surface area contributed by atoms with Crippen LogP contribution in [0, 0.1) is 11.3 Å². The number of nitrogens with two attached hydrogens (primary N) is 1. The molecule has 0 fully saturated rings. The highest BCUT2D eigenvalue weighted by molar-refractivity contribution is 6.31. The molecule has 2 aliphatic heterocycles. The number of hydrogen-bond acceptors (Lipinski definition) is 5. The first-order valence-corrected chi connectivity index (χ1v) is 7.84. The number of Topliss-reactive ketones (excluding diaryl/α,β-unsaturated/α-hetero) is 1. The number of amides is 1. The third-order valence-corrected chi connectivity index (χ3v) is 4.92. The van der Waals surface area contributed by atoms with Gasteiger partial charge < -0.3 is 15.8 Å². The number of nitrogens with one attached hydrogen (secondary N) is 1. The minimum absolute atomic E-state index is 0.0741. The van der Waals surface area contributed by atoms with E-state index in [0.717, 1.165) is 0 Å². The first kappa shape index (κ1) is 14.8. The molecule has 2 heterocycles. The van der Waals surface area contributed by atoms with Crippen molar-refractivity contribution in [2.45, 2.75) is 24.7 Å². The third kappa shape index (κ3) is 1.65. The van der Waals surface area contributed by atoms with Gasteiger partial charge >= 0.3 is 0 Å². The molecule has 24 heavy (non-hydrogen) atoms. The summed E-state index contributed by atoms with van der Waals surface area (Å²) in [6.07, 6.45) is 1.41. The number of ether oxygens (including phenoxy) is 1. The Labute approximate surface area is 142 Å². The predicted octanol–water partition coefficient (Wildman–Crippen LogP) is 2.26. The first-order valence-electron chi connectivity index (χ1n) is 7.46. The third-order valence-electron chi connectivity index (χ3n) is 4.68. The lowest BCUT2D eigenvalue weighted by Gasteiger charge is -2.37. The molecule has 0 bridgehead atoms. The molecule has 3 aliphatic rings. The van der Waals surface area contributed by atoms with Gasteiger partial charge in [-0.05, 0) is 24.6 Å². The Bertz CT molecular complexity index is 925. The van der Waals surface area contributed by atoms with E-state index in [4.69, 9.17) is 22.1 Å². The zero-order valence-electron chi connectivity index (χ0n) is 12.5. The number of fused-ring (bicyclic) bond motifs is 3. The maximum Gasteiger partial charge on any atom is 0.245 e. The number of benzene rings is 1. The number of anilines is 1. The summed E-state index contributed by atoms with van der Waals surface area (Å²) in [5.41, 5.74) is 5.46. The highest BCUT2D eigenvalue weighted by Gasteiger charge is 2.59. The van der Waals surface area contributed by atoms with Crippen molar-refractivity contribution < 1.29 is 14.3 Å². The van der Waals surface area contributed by atoms with Gasteiger partial charge in [0.15, 0.2) is 5.78 Å². The molecule has 120 valence electrons. The molecule has 6 nitrogen and oxygen atoms in total. The number of carbonyl (C=O) groups excluding carboxylic acids is 2. The second-order valence-electron chi connectivity index (χ2n) is 5.92. The van der Waals surface area contributed by atoms with Crippen molar-refractivity contribution in [3.63, 3.8) is 0 Å². The molecular formula is C17H12ClN3O3. The Morgan fingerprint density at radius 3 is 2.88 bits per heavy atom. The Hall–Kier alpha value is -2.78. The van der Waals surface area contributed by atoms with Gasteiger partial charge in [0.25, 0.3) is 0 Å². The molecule has 1 aliphatic carbocycles. The smallest absolute Gasteiger partial charge is 0.245 e. The molecule has 1 unspecified atom stereocenters. The number of hydrogen-bond donors (Lipinski definition) is 2. The Morgan fingerprint density at radius 2 is 2.12 bits per heavy atom. The predicted molar refractivity (Wildman–Crippen MR) is 85.6 cm³/mol. The Balaban J connectivity index is 2.13. The first-order chi connectivity index (χ1) is 11.5. The summed E-state index contributed by atoms with van der Waals surface area (Å²) in [6, 6.07) is 6.85. The van der Waals surface area contributed by atoms with Crippen molar-refractivity contribution in [3.8, 4) is 6.07 Å². The van der Waals surface area contributed by atoms with Crippen LogP contribution in [0.5, 0.6) is 0 Å². The minimum atomic E-state index is -1.58. The summed E-state index contributed by atoms with van der Waals surface area (Å²) < 4.78 is 5.53. The van der Waals surface area contributed by atoms with E-state index >= 15 is 0 Å². The van der Waals surface area contributed by atoms with Crippen LogP contribution >= 0.6 is 11.6 Å². The molecule has 0 saturated carbocycles. The van der Waals surface area contributed by atoms with E-state index in [1.807, 2.05) is 6.07 Å². The lowest BCUT2D eigenvalue weighted by Crippen LogP contribution is -2.46. The highest BCUT2D eigenvalue weighted by Crippen LogP contribution is 2.54. The van der Waals surface area contributed by atoms with Crippen LogP contribution in [-0.4, -0.2) is 11.7 Å². The van der Waals surface area contributed by atoms with Gasteiger partial charge in [-0.25, -0.2) is 0 Å². The van der Waals surface area contributed by atoms with Crippen LogP contribution in [0.2, 0.25) is 5.02 Å². The molecule has 0 radical (unpaired) electrons. The van der Waals surface area contributed by atoms with Crippen LogP contribution in [0.4, 0.5) is 5.69 Å². The molecular weight excluding hydrogens is 330 g/mol. The van der Waals surface area contributed by atoms with E-state index in [1.165, 1.54) is 0 Å². The molecule has 1 aromatic rings. The van der Waals surface area contributed by atoms with Gasteiger partial charge in [0, 0.05) is 29.1 Å². The number of ketones is 1. The van der Waals surface area contributed by atoms with Gasteiger partial charge in [-0.1, -0.05) is 11.6 Å². The maximum atomic E-state index is 13.0. The van der Waals surface area contributed by atoms with Gasteiger partial charge in [0.1, 0.15) is 22.8 Å². The quantitative estimate of drug-likeness (QED) is 0.753. The fourth-order valence-electron chi connectivity index (χ4n) is 3.74. The minimum Gasteiger partial charge on any atom is -0.444 e. The number of halogens is 1. The van der Waals surface area contributed by atoms with Gasteiger partial charge in [0.2, 0.25) is 11.8 Å². The van der Waals surface area contributed by atoms with Gasteiger partial charge in [0.05, 0.1) is 5.57 Å². The number of rotatable bonds is 0. The van der Waals surface area contributed by atoms with Crippen molar-refractivity contribution >= 4 is 29.0 Å². The average molecular weight is 342 g/mol. The van der Waals surface area contributed by atoms with Crippen molar-refractivity contribution in [1.29, 1.82) is 5.26 Å². The topological polar surface area (TPSA) is 105 Å². The molecule has 1 amide bonds. The maximum absolute atomic E-state index is 13.0. The SMILES string of the molecule is N#CC1=C(N)OC2=C(C(=O)CCC2)C12C(=O)Nc1ccc(Cl)cc12. The lowest BCUT2D eigenvalue weighted by atomic mass is 9.65. The monoisotopic (exact) mass is 341 g/mol. The van der Waals surface area contributed by atoms with Crippen LogP contribution in [0.25, 0.3) is 0 Å². The van der Waals surface area contributed by atoms with Gasteiger partial charge in [-0.2, -0.15) is 5.26 Å². The van der Waals surface area contributed by atoms with Crippen molar-refractivity contribution in [2.24, 2.45) is 5.73 Å². The Kier molecular flexibility index (Phi) is 2.99. The van der Waals surface area contributed by atoms with Crippen LogP contribution < -0.4 is 11.1 Å². The van der Waals surface area contributed by atoms with E-state index in [-0.39, 0.29) is 22.8 Å². The Morgan fingerprint density at radius 1 is 1.33 bits per heavy atom. The summed E-state index contributed by atoms with van der Waals surface area (Å²) in [4.78, 5) is 25.7. The molecule has 0 aromatic heterocycles. The van der Waals surface area contributed by atoms with E-state index in [0.29, 0.717) is 41.3 Å². The second kappa shape index (κ2) is 4.86. The van der Waals surface area contributed by atoms with Crippen molar-refractivity contribution in [2.75, 3.05) is 5.32 Å².